The summed E-state index contributed by atoms with van der Waals surface area (Å²) in [7, 11) is -1.89. The Morgan fingerprint density at radius 1 is 0.935 bits per heavy atom. The highest BCUT2D eigenvalue weighted by atomic mass is 32.2. The predicted octanol–water partition coefficient (Wildman–Crippen LogP) is 4.65. The lowest BCUT2D eigenvalue weighted by atomic mass is 9.66. The molecule has 0 bridgehead atoms. The largest absolute Gasteiger partial charge is 0.352 e. The molecule has 0 saturated heterocycles. The second-order valence-electron chi connectivity index (χ2n) is 8.56. The Labute approximate surface area is 184 Å². The molecule has 0 spiro atoms. The number of fused-ring (bicyclic) bond motifs is 4. The summed E-state index contributed by atoms with van der Waals surface area (Å²) in [4.78, 5) is 2.33. The SMILES string of the molecule is C#C[C@@H]1c2ccccc2N(S(=O)(=O)c2ccc(C)cc2)[C@H]2N(C)c3ccccc3[C@@]12C. The molecule has 0 unspecified atom stereocenters. The Morgan fingerprint density at radius 3 is 2.23 bits per heavy atom. The quantitative estimate of drug-likeness (QED) is 0.558. The first-order valence-corrected chi connectivity index (χ1v) is 11.7. The average molecular weight is 429 g/mol. The van der Waals surface area contributed by atoms with Crippen LogP contribution in [0.5, 0.6) is 0 Å². The van der Waals surface area contributed by atoms with Gasteiger partial charge in [0.25, 0.3) is 10.0 Å². The Morgan fingerprint density at radius 2 is 1.55 bits per heavy atom. The molecule has 4 nitrogen and oxygen atoms in total. The smallest absolute Gasteiger partial charge is 0.266 e. The highest BCUT2D eigenvalue weighted by Gasteiger charge is 2.59. The minimum absolute atomic E-state index is 0.260. The van der Waals surface area contributed by atoms with E-state index in [1.807, 2.05) is 68.6 Å². The van der Waals surface area contributed by atoms with Crippen LogP contribution >= 0.6 is 0 Å². The summed E-state index contributed by atoms with van der Waals surface area (Å²) >= 11 is 0. The lowest BCUT2D eigenvalue weighted by Gasteiger charge is -2.50. The van der Waals surface area contributed by atoms with Crippen LogP contribution in [0.2, 0.25) is 0 Å². The van der Waals surface area contributed by atoms with Gasteiger partial charge in [-0.2, -0.15) is 0 Å². The fourth-order valence-electron chi connectivity index (χ4n) is 5.35. The van der Waals surface area contributed by atoms with Crippen molar-refractivity contribution in [2.45, 2.75) is 36.2 Å². The summed E-state index contributed by atoms with van der Waals surface area (Å²) in [5, 5.41) is 0. The van der Waals surface area contributed by atoms with E-state index in [1.54, 1.807) is 16.4 Å². The zero-order valence-corrected chi connectivity index (χ0v) is 18.6. The fraction of sp³-hybridized carbons (Fsp3) is 0.231. The van der Waals surface area contributed by atoms with Crippen molar-refractivity contribution >= 4 is 21.4 Å². The van der Waals surface area contributed by atoms with E-state index in [9.17, 15) is 8.42 Å². The molecule has 0 amide bonds. The van der Waals surface area contributed by atoms with E-state index in [-0.39, 0.29) is 10.8 Å². The van der Waals surface area contributed by atoms with Gasteiger partial charge in [0, 0.05) is 12.7 Å². The maximum absolute atomic E-state index is 14.1. The number of para-hydroxylation sites is 2. The first-order chi connectivity index (χ1) is 14.8. The normalized spacial score (nSPS) is 24.2. The molecule has 156 valence electrons. The summed E-state index contributed by atoms with van der Waals surface area (Å²) in [5.74, 6) is 2.74. The molecule has 0 aromatic heterocycles. The second-order valence-corrected chi connectivity index (χ2v) is 10.4. The first-order valence-electron chi connectivity index (χ1n) is 10.3. The number of anilines is 2. The van der Waals surface area contributed by atoms with E-state index >= 15 is 0 Å². The third kappa shape index (κ3) is 2.52. The summed E-state index contributed by atoms with van der Waals surface area (Å²) in [6.07, 6.45) is 5.63. The average Bonchev–Trinajstić information content (AvgIpc) is 3.00. The third-order valence-corrected chi connectivity index (χ3v) is 8.60. The van der Waals surface area contributed by atoms with Crippen LogP contribution in [-0.4, -0.2) is 21.6 Å². The van der Waals surface area contributed by atoms with Crippen LogP contribution in [0.1, 0.15) is 29.5 Å². The summed E-state index contributed by atoms with van der Waals surface area (Å²) in [6.45, 7) is 4.04. The van der Waals surface area contributed by atoms with Gasteiger partial charge in [-0.05, 0) is 42.3 Å². The summed E-state index contributed by atoms with van der Waals surface area (Å²) < 4.78 is 29.8. The van der Waals surface area contributed by atoms with Gasteiger partial charge in [0.2, 0.25) is 0 Å². The summed E-state index contributed by atoms with van der Waals surface area (Å²) in [5.41, 5.74) is 4.00. The molecular weight excluding hydrogens is 404 g/mol. The van der Waals surface area contributed by atoms with Crippen LogP contribution < -0.4 is 9.21 Å². The minimum Gasteiger partial charge on any atom is -0.352 e. The predicted molar refractivity (Wildman–Crippen MR) is 125 cm³/mol. The molecule has 2 aliphatic heterocycles. The zero-order valence-electron chi connectivity index (χ0n) is 17.8. The van der Waals surface area contributed by atoms with Gasteiger partial charge >= 0.3 is 0 Å². The fourth-order valence-corrected chi connectivity index (χ4v) is 7.11. The third-order valence-electron chi connectivity index (χ3n) is 6.82. The van der Waals surface area contributed by atoms with Gasteiger partial charge in [-0.15, -0.1) is 6.42 Å². The van der Waals surface area contributed by atoms with Gasteiger partial charge in [0.15, 0.2) is 0 Å². The maximum atomic E-state index is 14.1. The first kappa shape index (κ1) is 19.7. The van der Waals surface area contributed by atoms with Crippen LogP contribution in [0, 0.1) is 19.3 Å². The number of hydrogen-bond donors (Lipinski definition) is 0. The van der Waals surface area contributed by atoms with Crippen LogP contribution in [0.3, 0.4) is 0 Å². The van der Waals surface area contributed by atoms with Crippen molar-refractivity contribution in [2.24, 2.45) is 0 Å². The van der Waals surface area contributed by atoms with Gasteiger partial charge in [-0.1, -0.05) is 66.9 Å². The molecule has 3 aromatic rings. The number of aryl methyl sites for hydroxylation is 1. The van der Waals surface area contributed by atoms with Gasteiger partial charge < -0.3 is 4.90 Å². The van der Waals surface area contributed by atoms with Crippen molar-refractivity contribution in [3.63, 3.8) is 0 Å². The van der Waals surface area contributed by atoms with E-state index in [2.05, 4.69) is 23.8 Å². The number of likely N-dealkylation sites (N-methyl/N-ethyl adjacent to an activating group) is 1. The van der Waals surface area contributed by atoms with E-state index in [1.165, 1.54) is 0 Å². The lowest BCUT2D eigenvalue weighted by molar-refractivity contribution is 0.354. The van der Waals surface area contributed by atoms with E-state index in [0.29, 0.717) is 5.69 Å². The molecule has 0 aliphatic carbocycles. The molecular formula is C26H24N2O2S. The lowest BCUT2D eigenvalue weighted by Crippen LogP contribution is -2.60. The molecule has 0 N–H and O–H groups in total. The molecule has 3 atom stereocenters. The Kier molecular flexibility index (Phi) is 4.22. The number of rotatable bonds is 2. The van der Waals surface area contributed by atoms with Crippen molar-refractivity contribution in [2.75, 3.05) is 16.3 Å². The van der Waals surface area contributed by atoms with Crippen molar-refractivity contribution in [3.05, 3.63) is 89.5 Å². The van der Waals surface area contributed by atoms with Crippen molar-refractivity contribution in [1.29, 1.82) is 0 Å². The molecule has 31 heavy (non-hydrogen) atoms. The molecule has 2 heterocycles. The van der Waals surface area contributed by atoms with Crippen LogP contribution in [0.25, 0.3) is 0 Å². The minimum atomic E-state index is -3.84. The molecule has 5 rings (SSSR count). The van der Waals surface area contributed by atoms with Crippen molar-refractivity contribution in [3.8, 4) is 12.3 Å². The Hall–Kier alpha value is -3.23. The monoisotopic (exact) mass is 428 g/mol. The number of sulfonamides is 1. The number of nitrogens with zero attached hydrogens (tertiary/aromatic N) is 2. The van der Waals surface area contributed by atoms with Gasteiger partial charge in [-0.3, -0.25) is 0 Å². The molecule has 0 radical (unpaired) electrons. The van der Waals surface area contributed by atoms with Gasteiger partial charge in [-0.25, -0.2) is 12.7 Å². The molecule has 0 saturated carbocycles. The standard InChI is InChI=1S/C26H24N2O2S/c1-5-21-20-10-6-8-12-23(20)28(31(29,30)19-16-14-18(2)15-17-19)25-26(21,3)22-11-7-9-13-24(22)27(25)4/h1,6-17,21,25H,2-4H3/t21-,25-,26-/m1/s1. The van der Waals surface area contributed by atoms with E-state index in [4.69, 9.17) is 6.42 Å². The number of benzene rings is 3. The molecule has 0 fully saturated rings. The van der Waals surface area contributed by atoms with Gasteiger partial charge in [0.05, 0.1) is 21.9 Å². The second kappa shape index (κ2) is 6.63. The van der Waals surface area contributed by atoms with Crippen molar-refractivity contribution in [1.82, 2.24) is 0 Å². The topological polar surface area (TPSA) is 40.6 Å². The highest BCUT2D eigenvalue weighted by molar-refractivity contribution is 7.92. The van der Waals surface area contributed by atoms with E-state index < -0.39 is 21.6 Å². The number of hydrogen-bond acceptors (Lipinski definition) is 3. The molecule has 5 heteroatoms. The Bertz CT molecular complexity index is 1320. The number of terminal acetylenes is 1. The van der Waals surface area contributed by atoms with Crippen LogP contribution in [0.4, 0.5) is 11.4 Å². The molecule has 3 aromatic carbocycles. The zero-order chi connectivity index (χ0) is 22.0. The van der Waals surface area contributed by atoms with Gasteiger partial charge in [0.1, 0.15) is 6.17 Å². The van der Waals surface area contributed by atoms with Crippen LogP contribution in [-0.2, 0) is 15.4 Å². The molecule has 2 aliphatic rings. The maximum Gasteiger partial charge on any atom is 0.266 e. The van der Waals surface area contributed by atoms with E-state index in [0.717, 1.165) is 22.4 Å². The highest BCUT2D eigenvalue weighted by Crippen LogP contribution is 2.58. The van der Waals surface area contributed by atoms with Crippen LogP contribution in [0.15, 0.2) is 77.7 Å². The summed E-state index contributed by atoms with van der Waals surface area (Å²) in [6, 6.07) is 22.7. The Balaban J connectivity index is 1.83. The van der Waals surface area contributed by atoms with Crippen molar-refractivity contribution < 1.29 is 8.42 Å².